The van der Waals surface area contributed by atoms with Crippen LogP contribution in [0.1, 0.15) is 40.0 Å². The van der Waals surface area contributed by atoms with Crippen LogP contribution in [-0.4, -0.2) is 19.5 Å². The Balaban J connectivity index is 2.36. The summed E-state index contributed by atoms with van der Waals surface area (Å²) in [5.41, 5.74) is 3.81. The fourth-order valence-electron chi connectivity index (χ4n) is 1.69. The molecule has 1 fully saturated rings. The van der Waals surface area contributed by atoms with Crippen LogP contribution in [0.3, 0.4) is 0 Å². The van der Waals surface area contributed by atoms with E-state index < -0.39 is 0 Å². The molecule has 0 saturated carbocycles. The number of rotatable bonds is 6. The zero-order valence-corrected chi connectivity index (χ0v) is 11.3. The van der Waals surface area contributed by atoms with Gasteiger partial charge in [0.2, 0.25) is 0 Å². The van der Waals surface area contributed by atoms with Gasteiger partial charge >= 0.3 is 0 Å². The molecule has 96 valence electrons. The number of ether oxygens (including phenoxy) is 2. The van der Waals surface area contributed by atoms with Crippen LogP contribution in [0.25, 0.3) is 0 Å². The minimum Gasteiger partial charge on any atom is -0.347 e. The quantitative estimate of drug-likeness (QED) is 0.394. The van der Waals surface area contributed by atoms with Crippen molar-refractivity contribution in [3.63, 3.8) is 0 Å². The molecule has 0 aliphatic carbocycles. The molecule has 0 amide bonds. The minimum absolute atomic E-state index is 0.145. The molecule has 0 aromatic rings. The summed E-state index contributed by atoms with van der Waals surface area (Å²) in [5, 5.41) is 0. The van der Waals surface area contributed by atoms with Gasteiger partial charge in [0, 0.05) is 0 Å². The molecule has 0 atom stereocenters. The van der Waals surface area contributed by atoms with E-state index in [2.05, 4.69) is 39.5 Å². The summed E-state index contributed by atoms with van der Waals surface area (Å²) in [5.74, 6) is 0. The first-order valence-electron chi connectivity index (χ1n) is 6.32. The first kappa shape index (κ1) is 14.2. The zero-order valence-electron chi connectivity index (χ0n) is 11.3. The van der Waals surface area contributed by atoms with Crippen LogP contribution in [0.2, 0.25) is 0 Å². The number of hydrogen-bond acceptors (Lipinski definition) is 2. The summed E-state index contributed by atoms with van der Waals surface area (Å²) in [6, 6.07) is 0. The van der Waals surface area contributed by atoms with Gasteiger partial charge < -0.3 is 9.47 Å². The van der Waals surface area contributed by atoms with Gasteiger partial charge in [0.05, 0.1) is 13.2 Å². The van der Waals surface area contributed by atoms with Gasteiger partial charge in [-0.3, -0.25) is 0 Å². The van der Waals surface area contributed by atoms with E-state index in [-0.39, 0.29) is 6.29 Å². The second-order valence-corrected chi connectivity index (χ2v) is 4.70. The van der Waals surface area contributed by atoms with E-state index in [1.165, 1.54) is 23.1 Å². The summed E-state index contributed by atoms with van der Waals surface area (Å²) in [6.45, 7) is 11.6. The van der Waals surface area contributed by atoms with Gasteiger partial charge in [-0.15, -0.1) is 6.58 Å². The molecule has 0 radical (unpaired) electrons. The maximum absolute atomic E-state index is 5.39. The van der Waals surface area contributed by atoms with E-state index in [9.17, 15) is 0 Å². The summed E-state index contributed by atoms with van der Waals surface area (Å²) in [6.07, 6.45) is 7.59. The predicted molar refractivity (Wildman–Crippen MR) is 71.9 cm³/mol. The second kappa shape index (κ2) is 7.46. The smallest absolute Gasteiger partial charge is 0.177 e. The van der Waals surface area contributed by atoms with Crippen LogP contribution < -0.4 is 0 Å². The molecule has 0 N–H and O–H groups in total. The second-order valence-electron chi connectivity index (χ2n) is 4.70. The van der Waals surface area contributed by atoms with Crippen molar-refractivity contribution in [2.45, 2.75) is 46.3 Å². The Morgan fingerprint density at radius 3 is 2.41 bits per heavy atom. The van der Waals surface area contributed by atoms with E-state index in [1.807, 2.05) is 0 Å². The molecule has 0 spiro atoms. The molecule has 1 heterocycles. The Bertz CT molecular complexity index is 307. The van der Waals surface area contributed by atoms with Crippen molar-refractivity contribution >= 4 is 0 Å². The van der Waals surface area contributed by atoms with Crippen molar-refractivity contribution in [2.75, 3.05) is 13.2 Å². The molecule has 0 unspecified atom stereocenters. The Morgan fingerprint density at radius 2 is 1.82 bits per heavy atom. The SMILES string of the molecule is C=C(C)CCC/C=C(C)/C(C)=C/C1OCCO1. The average molecular weight is 236 g/mol. The highest BCUT2D eigenvalue weighted by Crippen LogP contribution is 2.15. The van der Waals surface area contributed by atoms with E-state index >= 15 is 0 Å². The first-order chi connectivity index (χ1) is 8.09. The molecule has 17 heavy (non-hydrogen) atoms. The van der Waals surface area contributed by atoms with Crippen LogP contribution in [0.15, 0.2) is 35.5 Å². The average Bonchev–Trinajstić information content (AvgIpc) is 2.76. The normalized spacial score (nSPS) is 18.8. The zero-order chi connectivity index (χ0) is 12.7. The molecule has 1 aliphatic heterocycles. The molecular formula is C15H24O2. The van der Waals surface area contributed by atoms with Crippen molar-refractivity contribution in [1.82, 2.24) is 0 Å². The number of hydrogen-bond donors (Lipinski definition) is 0. The highest BCUT2D eigenvalue weighted by Gasteiger charge is 2.12. The third-order valence-corrected chi connectivity index (χ3v) is 2.91. The van der Waals surface area contributed by atoms with Crippen molar-refractivity contribution in [3.8, 4) is 0 Å². The summed E-state index contributed by atoms with van der Waals surface area (Å²) >= 11 is 0. The summed E-state index contributed by atoms with van der Waals surface area (Å²) in [4.78, 5) is 0. The van der Waals surface area contributed by atoms with Gasteiger partial charge in [0.1, 0.15) is 0 Å². The lowest BCUT2D eigenvalue weighted by atomic mass is 10.1. The van der Waals surface area contributed by atoms with E-state index in [1.54, 1.807) is 0 Å². The van der Waals surface area contributed by atoms with Crippen molar-refractivity contribution < 1.29 is 9.47 Å². The molecule has 0 aromatic heterocycles. The third-order valence-electron chi connectivity index (χ3n) is 2.91. The largest absolute Gasteiger partial charge is 0.347 e. The van der Waals surface area contributed by atoms with Gasteiger partial charge in [0.15, 0.2) is 6.29 Å². The summed E-state index contributed by atoms with van der Waals surface area (Å²) in [7, 11) is 0. The Hall–Kier alpha value is -0.860. The molecule has 0 aromatic carbocycles. The monoisotopic (exact) mass is 236 g/mol. The lowest BCUT2D eigenvalue weighted by Gasteiger charge is -2.07. The van der Waals surface area contributed by atoms with Crippen LogP contribution >= 0.6 is 0 Å². The maximum atomic E-state index is 5.39. The van der Waals surface area contributed by atoms with E-state index in [0.29, 0.717) is 13.2 Å². The molecule has 2 heteroatoms. The standard InChI is InChI=1S/C15H24O2/c1-12(2)7-5-6-8-13(3)14(4)11-15-16-9-10-17-15/h8,11,15H,1,5-7,9-10H2,2-4H3/b13-8+,14-11+. The lowest BCUT2D eigenvalue weighted by Crippen LogP contribution is -2.03. The molecule has 1 aliphatic rings. The van der Waals surface area contributed by atoms with E-state index in [0.717, 1.165) is 12.8 Å². The van der Waals surface area contributed by atoms with E-state index in [4.69, 9.17) is 9.47 Å². The van der Waals surface area contributed by atoms with Gasteiger partial charge in [-0.2, -0.15) is 0 Å². The first-order valence-corrected chi connectivity index (χ1v) is 6.32. The van der Waals surface area contributed by atoms with Crippen molar-refractivity contribution in [3.05, 3.63) is 35.5 Å². The topological polar surface area (TPSA) is 18.5 Å². The summed E-state index contributed by atoms with van der Waals surface area (Å²) < 4.78 is 10.8. The highest BCUT2D eigenvalue weighted by molar-refractivity contribution is 5.27. The molecule has 2 nitrogen and oxygen atoms in total. The molecule has 1 rings (SSSR count). The Morgan fingerprint density at radius 1 is 1.18 bits per heavy atom. The fourth-order valence-corrected chi connectivity index (χ4v) is 1.69. The molecule has 0 bridgehead atoms. The van der Waals surface area contributed by atoms with Crippen molar-refractivity contribution in [1.29, 1.82) is 0 Å². The van der Waals surface area contributed by atoms with Gasteiger partial charge in [-0.05, 0) is 51.7 Å². The van der Waals surface area contributed by atoms with Gasteiger partial charge in [-0.1, -0.05) is 17.2 Å². The third kappa shape index (κ3) is 5.85. The molecular weight excluding hydrogens is 212 g/mol. The van der Waals surface area contributed by atoms with Crippen molar-refractivity contribution in [2.24, 2.45) is 0 Å². The van der Waals surface area contributed by atoms with Crippen LogP contribution in [-0.2, 0) is 9.47 Å². The van der Waals surface area contributed by atoms with Crippen LogP contribution in [0, 0.1) is 0 Å². The predicted octanol–water partition coefficient (Wildman–Crippen LogP) is 4.00. The van der Waals surface area contributed by atoms with Crippen LogP contribution in [0.4, 0.5) is 0 Å². The van der Waals surface area contributed by atoms with Crippen LogP contribution in [0.5, 0.6) is 0 Å². The Labute approximate surface area is 105 Å². The highest BCUT2D eigenvalue weighted by atomic mass is 16.7. The maximum Gasteiger partial charge on any atom is 0.177 e. The van der Waals surface area contributed by atoms with Gasteiger partial charge in [0.25, 0.3) is 0 Å². The number of unbranched alkanes of at least 4 members (excludes halogenated alkanes) is 1. The molecule has 1 saturated heterocycles. The van der Waals surface area contributed by atoms with Gasteiger partial charge in [-0.25, -0.2) is 0 Å². The fraction of sp³-hybridized carbons (Fsp3) is 0.600. The minimum atomic E-state index is -0.145. The Kier molecular flexibility index (Phi) is 6.23. The lowest BCUT2D eigenvalue weighted by molar-refractivity contribution is -0.00203. The number of allylic oxidation sites excluding steroid dienone is 4.